The molecular weight excluding hydrogens is 289 g/mol. The van der Waals surface area contributed by atoms with Crippen molar-refractivity contribution in [2.24, 2.45) is 11.7 Å². The van der Waals surface area contributed by atoms with E-state index in [0.717, 1.165) is 6.42 Å². The smallest absolute Gasteiger partial charge is 0.128 e. The minimum Gasteiger partial charge on any atom is -0.392 e. The first-order chi connectivity index (χ1) is 10.1. The molecule has 3 N–H and O–H groups in total. The molecule has 2 rings (SSSR count). The zero-order valence-corrected chi connectivity index (χ0v) is 13.2. The Hall–Kier alpha value is -0.640. The molecule has 0 bridgehead atoms. The number of benzene rings is 1. The Morgan fingerprint density at radius 1 is 1.29 bits per heavy atom. The fourth-order valence-electron chi connectivity index (χ4n) is 3.42. The standard InChI is InChI=1S/C17H25ClFNO/c18-14-7-4-8-15(19)17(14)13(11-20)16(21)10-9-12-5-2-1-3-6-12/h4,7-8,12-13,16,21H,1-3,5-6,9-11,20H2. The van der Waals surface area contributed by atoms with Gasteiger partial charge in [0.15, 0.2) is 0 Å². The lowest BCUT2D eigenvalue weighted by Crippen LogP contribution is -2.27. The summed E-state index contributed by atoms with van der Waals surface area (Å²) in [6, 6.07) is 4.59. The van der Waals surface area contributed by atoms with Crippen molar-refractivity contribution in [2.45, 2.75) is 57.0 Å². The maximum absolute atomic E-state index is 14.0. The number of nitrogens with two attached hydrogens (primary N) is 1. The topological polar surface area (TPSA) is 46.2 Å². The molecule has 1 fully saturated rings. The molecule has 1 aromatic carbocycles. The van der Waals surface area contributed by atoms with Gasteiger partial charge >= 0.3 is 0 Å². The van der Waals surface area contributed by atoms with Crippen LogP contribution < -0.4 is 5.73 Å². The van der Waals surface area contributed by atoms with Crippen LogP contribution >= 0.6 is 11.6 Å². The lowest BCUT2D eigenvalue weighted by atomic mass is 9.83. The van der Waals surface area contributed by atoms with Crippen LogP contribution in [0.1, 0.15) is 56.4 Å². The Morgan fingerprint density at radius 3 is 2.62 bits per heavy atom. The molecule has 2 atom stereocenters. The van der Waals surface area contributed by atoms with Gasteiger partial charge in [-0.05, 0) is 30.9 Å². The Balaban J connectivity index is 1.99. The van der Waals surface area contributed by atoms with E-state index in [2.05, 4.69) is 0 Å². The maximum Gasteiger partial charge on any atom is 0.128 e. The van der Waals surface area contributed by atoms with Crippen LogP contribution in [0.3, 0.4) is 0 Å². The van der Waals surface area contributed by atoms with E-state index < -0.39 is 12.0 Å². The molecule has 0 saturated heterocycles. The molecule has 1 saturated carbocycles. The summed E-state index contributed by atoms with van der Waals surface area (Å²) in [6.45, 7) is 0.201. The predicted octanol–water partition coefficient (Wildman–Crippen LogP) is 4.24. The van der Waals surface area contributed by atoms with Crippen molar-refractivity contribution in [3.63, 3.8) is 0 Å². The summed E-state index contributed by atoms with van der Waals surface area (Å²) < 4.78 is 14.0. The van der Waals surface area contributed by atoms with Crippen molar-refractivity contribution in [1.29, 1.82) is 0 Å². The van der Waals surface area contributed by atoms with Gasteiger partial charge in [0.1, 0.15) is 5.82 Å². The number of hydrogen-bond acceptors (Lipinski definition) is 2. The number of aliphatic hydroxyl groups is 1. The van der Waals surface area contributed by atoms with E-state index in [0.29, 0.717) is 22.9 Å². The van der Waals surface area contributed by atoms with Crippen LogP contribution in [-0.4, -0.2) is 17.8 Å². The number of rotatable bonds is 6. The van der Waals surface area contributed by atoms with Gasteiger partial charge in [0.25, 0.3) is 0 Å². The van der Waals surface area contributed by atoms with Crippen LogP contribution in [0.25, 0.3) is 0 Å². The van der Waals surface area contributed by atoms with E-state index in [-0.39, 0.29) is 12.4 Å². The molecule has 21 heavy (non-hydrogen) atoms. The predicted molar refractivity (Wildman–Crippen MR) is 85.0 cm³/mol. The van der Waals surface area contributed by atoms with E-state index in [4.69, 9.17) is 17.3 Å². The molecule has 0 amide bonds. The minimum absolute atomic E-state index is 0.201. The van der Waals surface area contributed by atoms with E-state index in [1.54, 1.807) is 12.1 Å². The van der Waals surface area contributed by atoms with E-state index >= 15 is 0 Å². The Morgan fingerprint density at radius 2 is 2.00 bits per heavy atom. The minimum atomic E-state index is -0.633. The molecule has 0 radical (unpaired) electrons. The quantitative estimate of drug-likeness (QED) is 0.825. The van der Waals surface area contributed by atoms with Gasteiger partial charge in [-0.1, -0.05) is 49.8 Å². The van der Waals surface area contributed by atoms with Gasteiger partial charge in [0.2, 0.25) is 0 Å². The maximum atomic E-state index is 14.0. The zero-order chi connectivity index (χ0) is 15.2. The Bertz CT molecular complexity index is 428. The van der Waals surface area contributed by atoms with E-state index in [1.165, 1.54) is 38.2 Å². The molecule has 0 aliphatic heterocycles. The highest BCUT2D eigenvalue weighted by atomic mass is 35.5. The first kappa shape index (κ1) is 16.7. The second-order valence-electron chi connectivity index (χ2n) is 6.13. The highest BCUT2D eigenvalue weighted by Gasteiger charge is 2.26. The average Bonchev–Trinajstić information content (AvgIpc) is 2.50. The van der Waals surface area contributed by atoms with Gasteiger partial charge < -0.3 is 10.8 Å². The van der Waals surface area contributed by atoms with Crippen LogP contribution in [-0.2, 0) is 0 Å². The lowest BCUT2D eigenvalue weighted by Gasteiger charge is -2.26. The number of halogens is 2. The Labute approximate surface area is 131 Å². The number of aliphatic hydroxyl groups excluding tert-OH is 1. The van der Waals surface area contributed by atoms with Crippen LogP contribution in [0.2, 0.25) is 5.02 Å². The second kappa shape index (κ2) is 8.11. The summed E-state index contributed by atoms with van der Waals surface area (Å²) in [7, 11) is 0. The second-order valence-corrected chi connectivity index (χ2v) is 6.53. The summed E-state index contributed by atoms with van der Waals surface area (Å²) in [5, 5.41) is 10.8. The van der Waals surface area contributed by atoms with Crippen molar-refractivity contribution >= 4 is 11.6 Å². The summed E-state index contributed by atoms with van der Waals surface area (Å²) in [5.41, 5.74) is 6.13. The molecule has 118 valence electrons. The molecular formula is C17H25ClFNO. The fourth-order valence-corrected chi connectivity index (χ4v) is 3.72. The molecule has 0 spiro atoms. The molecule has 0 heterocycles. The third kappa shape index (κ3) is 4.41. The molecule has 4 heteroatoms. The first-order valence-electron chi connectivity index (χ1n) is 7.95. The van der Waals surface area contributed by atoms with Gasteiger partial charge in [-0.3, -0.25) is 0 Å². The average molecular weight is 314 g/mol. The molecule has 0 aromatic heterocycles. The number of hydrogen-bond donors (Lipinski definition) is 2. The fraction of sp³-hybridized carbons (Fsp3) is 0.647. The van der Waals surface area contributed by atoms with Crippen molar-refractivity contribution < 1.29 is 9.50 Å². The third-order valence-corrected chi connectivity index (χ3v) is 5.01. The highest BCUT2D eigenvalue weighted by molar-refractivity contribution is 6.31. The summed E-state index contributed by atoms with van der Waals surface area (Å²) >= 11 is 6.09. The van der Waals surface area contributed by atoms with Crippen LogP contribution in [0.15, 0.2) is 18.2 Å². The lowest BCUT2D eigenvalue weighted by molar-refractivity contribution is 0.122. The summed E-state index contributed by atoms with van der Waals surface area (Å²) in [6.07, 6.45) is 7.43. The van der Waals surface area contributed by atoms with Crippen molar-refractivity contribution in [2.75, 3.05) is 6.54 Å². The molecule has 1 aliphatic rings. The molecule has 2 unspecified atom stereocenters. The van der Waals surface area contributed by atoms with Gasteiger partial charge in [0, 0.05) is 23.0 Å². The first-order valence-corrected chi connectivity index (χ1v) is 8.33. The molecule has 1 aromatic rings. The molecule has 1 aliphatic carbocycles. The van der Waals surface area contributed by atoms with Crippen molar-refractivity contribution in [3.05, 3.63) is 34.6 Å². The van der Waals surface area contributed by atoms with Gasteiger partial charge in [0.05, 0.1) is 6.10 Å². The van der Waals surface area contributed by atoms with E-state index in [1.807, 2.05) is 0 Å². The highest BCUT2D eigenvalue weighted by Crippen LogP contribution is 2.33. The van der Waals surface area contributed by atoms with Crippen LogP contribution in [0.4, 0.5) is 4.39 Å². The normalized spacial score (nSPS) is 19.4. The zero-order valence-electron chi connectivity index (χ0n) is 12.4. The van der Waals surface area contributed by atoms with Crippen LogP contribution in [0, 0.1) is 11.7 Å². The summed E-state index contributed by atoms with van der Waals surface area (Å²) in [4.78, 5) is 0. The monoisotopic (exact) mass is 313 g/mol. The van der Waals surface area contributed by atoms with Gasteiger partial charge in [-0.25, -0.2) is 4.39 Å². The van der Waals surface area contributed by atoms with Crippen molar-refractivity contribution in [1.82, 2.24) is 0 Å². The SMILES string of the molecule is NCC(c1c(F)cccc1Cl)C(O)CCC1CCCCC1. The summed E-state index contributed by atoms with van der Waals surface area (Å²) in [5.74, 6) is -0.111. The Kier molecular flexibility index (Phi) is 6.46. The van der Waals surface area contributed by atoms with Gasteiger partial charge in [-0.15, -0.1) is 0 Å². The molecule has 2 nitrogen and oxygen atoms in total. The van der Waals surface area contributed by atoms with Crippen molar-refractivity contribution in [3.8, 4) is 0 Å². The van der Waals surface area contributed by atoms with Gasteiger partial charge in [-0.2, -0.15) is 0 Å². The largest absolute Gasteiger partial charge is 0.392 e. The van der Waals surface area contributed by atoms with E-state index in [9.17, 15) is 9.50 Å². The third-order valence-electron chi connectivity index (χ3n) is 4.68. The van der Waals surface area contributed by atoms with Crippen LogP contribution in [0.5, 0.6) is 0 Å².